The number of halogens is 1. The van der Waals surface area contributed by atoms with E-state index >= 15 is 0 Å². The minimum atomic E-state index is -1.03. The molecule has 42 heavy (non-hydrogen) atoms. The summed E-state index contributed by atoms with van der Waals surface area (Å²) in [6.45, 7) is 0.0760. The third-order valence-corrected chi connectivity index (χ3v) is 6.79. The van der Waals surface area contributed by atoms with E-state index in [4.69, 9.17) is 30.5 Å². The predicted octanol–water partition coefficient (Wildman–Crippen LogP) is 6.63. The van der Waals surface area contributed by atoms with Crippen molar-refractivity contribution in [2.75, 3.05) is 7.11 Å². The lowest BCUT2D eigenvalue weighted by Crippen LogP contribution is -2.20. The van der Waals surface area contributed by atoms with E-state index in [1.807, 2.05) is 0 Å². The van der Waals surface area contributed by atoms with Crippen LogP contribution < -0.4 is 15.0 Å². The molecule has 4 aromatic carbocycles. The van der Waals surface area contributed by atoms with Crippen molar-refractivity contribution in [3.63, 3.8) is 0 Å². The van der Waals surface area contributed by atoms with Crippen LogP contribution in [0.15, 0.2) is 105 Å². The van der Waals surface area contributed by atoms with Crippen molar-refractivity contribution < 1.29 is 23.8 Å². The number of benzene rings is 4. The quantitative estimate of drug-likeness (QED) is 0.201. The number of hydrogen-bond donors (Lipinski definition) is 1. The molecule has 0 aliphatic carbocycles. The fraction of sp³-hybridized carbons (Fsp3) is 0.0625. The number of aromatic carboxylic acids is 1. The van der Waals surface area contributed by atoms with Gasteiger partial charge in [0.25, 0.3) is 5.56 Å². The first-order chi connectivity index (χ1) is 20.4. The Balaban J connectivity index is 1.43. The average Bonchev–Trinajstić information content (AvgIpc) is 3.43. The van der Waals surface area contributed by atoms with Gasteiger partial charge in [0, 0.05) is 16.0 Å². The van der Waals surface area contributed by atoms with Crippen molar-refractivity contribution in [1.29, 1.82) is 0 Å². The molecule has 0 amide bonds. The summed E-state index contributed by atoms with van der Waals surface area (Å²) < 4.78 is 18.8. The van der Waals surface area contributed by atoms with Crippen LogP contribution >= 0.6 is 11.6 Å². The van der Waals surface area contributed by atoms with Crippen LogP contribution in [0.3, 0.4) is 0 Å². The molecule has 6 rings (SSSR count). The normalized spacial score (nSPS) is 11.4. The van der Waals surface area contributed by atoms with Gasteiger partial charge < -0.3 is 19.0 Å². The third-order valence-electron chi connectivity index (χ3n) is 6.55. The molecule has 1 N–H and O–H groups in total. The second-order valence-corrected chi connectivity index (χ2v) is 9.72. The van der Waals surface area contributed by atoms with Gasteiger partial charge in [-0.2, -0.15) is 9.78 Å². The van der Waals surface area contributed by atoms with Gasteiger partial charge in [0.15, 0.2) is 17.3 Å². The van der Waals surface area contributed by atoms with Gasteiger partial charge in [-0.1, -0.05) is 41.9 Å². The molecule has 0 radical (unpaired) electrons. The zero-order valence-corrected chi connectivity index (χ0v) is 22.9. The zero-order chi connectivity index (χ0) is 29.2. The number of furan rings is 1. The molecule has 0 aliphatic heterocycles. The van der Waals surface area contributed by atoms with Crippen molar-refractivity contribution in [3.05, 3.63) is 123 Å². The molecule has 10 heteroatoms. The maximum Gasteiger partial charge on any atom is 0.335 e. The molecular weight excluding hydrogens is 558 g/mol. The second-order valence-electron chi connectivity index (χ2n) is 9.28. The van der Waals surface area contributed by atoms with Gasteiger partial charge >= 0.3 is 5.97 Å². The topological polar surface area (TPSA) is 116 Å². The highest BCUT2D eigenvalue weighted by molar-refractivity contribution is 6.31. The standard InChI is InChI=1S/C32H22ClN3O6/c1-40-27-11-5-8-21(29(27)41-18-19-6-4-7-20(14-19)32(38)39)17-34-36-30(35-25-10-3-2-9-24(25)31(36)37)28-16-22-15-23(33)12-13-26(22)42-28/h2-17H,18H2,1H3,(H,38,39). The van der Waals surface area contributed by atoms with E-state index in [0.717, 1.165) is 5.39 Å². The van der Waals surface area contributed by atoms with Crippen LogP contribution in [0.2, 0.25) is 5.02 Å². The molecule has 0 atom stereocenters. The van der Waals surface area contributed by atoms with Gasteiger partial charge in [-0.05, 0) is 66.2 Å². The molecule has 0 fully saturated rings. The maximum absolute atomic E-state index is 13.7. The van der Waals surface area contributed by atoms with Crippen molar-refractivity contribution in [3.8, 4) is 23.1 Å². The van der Waals surface area contributed by atoms with Crippen LogP contribution in [-0.2, 0) is 6.61 Å². The van der Waals surface area contributed by atoms with E-state index in [9.17, 15) is 14.7 Å². The van der Waals surface area contributed by atoms with Crippen LogP contribution in [-0.4, -0.2) is 34.1 Å². The lowest BCUT2D eigenvalue weighted by molar-refractivity contribution is 0.0696. The Hall–Kier alpha value is -5.41. The summed E-state index contributed by atoms with van der Waals surface area (Å²) in [6.07, 6.45) is 1.48. The smallest absolute Gasteiger partial charge is 0.335 e. The summed E-state index contributed by atoms with van der Waals surface area (Å²) in [5, 5.41) is 15.6. The minimum absolute atomic E-state index is 0.0760. The van der Waals surface area contributed by atoms with E-state index in [2.05, 4.69) is 5.10 Å². The first kappa shape index (κ1) is 26.8. The number of rotatable bonds is 8. The minimum Gasteiger partial charge on any atom is -0.493 e. The average molecular weight is 580 g/mol. The highest BCUT2D eigenvalue weighted by Crippen LogP contribution is 2.32. The molecule has 9 nitrogen and oxygen atoms in total. The summed E-state index contributed by atoms with van der Waals surface area (Å²) in [4.78, 5) is 29.8. The number of fused-ring (bicyclic) bond motifs is 2. The van der Waals surface area contributed by atoms with Gasteiger partial charge in [0.05, 0.1) is 29.8 Å². The molecular formula is C32H22ClN3O6. The van der Waals surface area contributed by atoms with Gasteiger partial charge in [-0.15, -0.1) is 0 Å². The number of methoxy groups -OCH3 is 1. The monoisotopic (exact) mass is 579 g/mol. The highest BCUT2D eigenvalue weighted by atomic mass is 35.5. The van der Waals surface area contributed by atoms with E-state index in [1.54, 1.807) is 84.9 Å². The molecule has 6 aromatic rings. The molecule has 0 bridgehead atoms. The predicted molar refractivity (Wildman–Crippen MR) is 160 cm³/mol. The number of hydrogen-bond acceptors (Lipinski definition) is 7. The molecule has 2 heterocycles. The van der Waals surface area contributed by atoms with Crippen LogP contribution in [0.1, 0.15) is 21.5 Å². The summed E-state index contributed by atoms with van der Waals surface area (Å²) >= 11 is 6.17. The number of nitrogens with zero attached hydrogens (tertiary/aromatic N) is 3. The lowest BCUT2D eigenvalue weighted by Gasteiger charge is -2.14. The second kappa shape index (κ2) is 11.2. The van der Waals surface area contributed by atoms with Crippen LogP contribution in [0.4, 0.5) is 0 Å². The summed E-state index contributed by atoms with van der Waals surface area (Å²) in [5.41, 5.74) is 2.03. The fourth-order valence-corrected chi connectivity index (χ4v) is 4.71. The molecule has 0 unspecified atom stereocenters. The van der Waals surface area contributed by atoms with Crippen LogP contribution in [0.25, 0.3) is 33.5 Å². The maximum atomic E-state index is 13.7. The van der Waals surface area contributed by atoms with E-state index in [-0.39, 0.29) is 23.6 Å². The molecule has 208 valence electrons. The fourth-order valence-electron chi connectivity index (χ4n) is 4.53. The molecule has 0 saturated heterocycles. The van der Waals surface area contributed by atoms with Crippen molar-refractivity contribution >= 4 is 45.7 Å². The Morgan fingerprint density at radius 2 is 1.88 bits per heavy atom. The lowest BCUT2D eigenvalue weighted by atomic mass is 10.1. The Morgan fingerprint density at radius 1 is 1.05 bits per heavy atom. The first-order valence-electron chi connectivity index (χ1n) is 12.8. The SMILES string of the molecule is COc1cccc(C=Nn2c(-c3cc4cc(Cl)ccc4o3)nc3ccccc3c2=O)c1OCc1cccc(C(=O)O)c1. The number of aromatic nitrogens is 2. The number of carboxylic acids is 1. The Labute approximate surface area is 243 Å². The summed E-state index contributed by atoms with van der Waals surface area (Å²) in [6, 6.07) is 25.7. The van der Waals surface area contributed by atoms with Crippen molar-refractivity contribution in [2.45, 2.75) is 6.61 Å². The number of para-hydroxylation sites is 2. The van der Waals surface area contributed by atoms with Crippen LogP contribution in [0.5, 0.6) is 11.5 Å². The first-order valence-corrected chi connectivity index (χ1v) is 13.2. The van der Waals surface area contributed by atoms with Crippen molar-refractivity contribution in [1.82, 2.24) is 9.66 Å². The van der Waals surface area contributed by atoms with Gasteiger partial charge in [0.1, 0.15) is 12.2 Å². The van der Waals surface area contributed by atoms with E-state index < -0.39 is 5.97 Å². The number of carboxylic acid groups (broad SMARTS) is 1. The molecule has 2 aromatic heterocycles. The Kier molecular flexibility index (Phi) is 7.16. The number of carbonyl (C=O) groups is 1. The third kappa shape index (κ3) is 5.21. The van der Waals surface area contributed by atoms with Crippen molar-refractivity contribution in [2.24, 2.45) is 5.10 Å². The molecule has 0 aliphatic rings. The summed E-state index contributed by atoms with van der Waals surface area (Å²) in [5.74, 6) is 0.323. The van der Waals surface area contributed by atoms with Crippen LogP contribution in [0, 0.1) is 0 Å². The molecule has 0 saturated carbocycles. The highest BCUT2D eigenvalue weighted by Gasteiger charge is 2.17. The Morgan fingerprint density at radius 3 is 2.71 bits per heavy atom. The largest absolute Gasteiger partial charge is 0.493 e. The zero-order valence-electron chi connectivity index (χ0n) is 22.2. The van der Waals surface area contributed by atoms with E-state index in [1.165, 1.54) is 24.1 Å². The van der Waals surface area contributed by atoms with Gasteiger partial charge in [0.2, 0.25) is 5.82 Å². The van der Waals surface area contributed by atoms with Gasteiger partial charge in [-0.3, -0.25) is 4.79 Å². The van der Waals surface area contributed by atoms with Gasteiger partial charge in [-0.25, -0.2) is 9.78 Å². The summed E-state index contributed by atoms with van der Waals surface area (Å²) in [7, 11) is 1.51. The number of ether oxygens (including phenoxy) is 2. The molecule has 0 spiro atoms. The van der Waals surface area contributed by atoms with E-state index in [0.29, 0.717) is 49.9 Å². The Bertz CT molecular complexity index is 2060.